The van der Waals surface area contributed by atoms with Crippen LogP contribution in [0.1, 0.15) is 86.5 Å². The summed E-state index contributed by atoms with van der Waals surface area (Å²) in [4.78, 5) is 28.4. The Morgan fingerprint density at radius 2 is 1.50 bits per heavy atom. The molecule has 3 aromatic rings. The van der Waals surface area contributed by atoms with Crippen molar-refractivity contribution in [3.63, 3.8) is 0 Å². The number of carbonyl (C=O) groups excluding carboxylic acids is 2. The standard InChI is InChI=1S/C39H48FNO7/c1-5-45-35(46-6-2)22-11-27-9-18-32(19-10-27)41-36(33(37(41)43)20-21-34(42)29-14-16-31(40)17-15-29)30-12-7-28(8-13-30)23-24-39(44)25-47-38(3,4)48-26-39/h7-10,12-19,33,35-36,44H,5-6,11,20-26H2,1-4H3/t33-,36-/m1/s1. The van der Waals surface area contributed by atoms with Crippen molar-refractivity contribution in [2.75, 3.05) is 31.3 Å². The Bertz CT molecular complexity index is 1490. The van der Waals surface area contributed by atoms with Crippen LogP contribution < -0.4 is 4.90 Å². The zero-order valence-electron chi connectivity index (χ0n) is 28.5. The van der Waals surface area contributed by atoms with E-state index in [-0.39, 0.29) is 49.6 Å². The van der Waals surface area contributed by atoms with Crippen molar-refractivity contribution in [2.24, 2.45) is 5.92 Å². The van der Waals surface area contributed by atoms with Crippen LogP contribution >= 0.6 is 0 Å². The molecule has 2 fully saturated rings. The third kappa shape index (κ3) is 8.95. The van der Waals surface area contributed by atoms with Crippen LogP contribution in [0.3, 0.4) is 0 Å². The van der Waals surface area contributed by atoms with Crippen molar-refractivity contribution in [3.05, 3.63) is 101 Å². The van der Waals surface area contributed by atoms with Crippen LogP contribution in [-0.4, -0.2) is 60.9 Å². The molecular formula is C39H48FNO7. The van der Waals surface area contributed by atoms with Crippen LogP contribution in [0.5, 0.6) is 0 Å². The van der Waals surface area contributed by atoms with Crippen molar-refractivity contribution >= 4 is 17.4 Å². The predicted molar refractivity (Wildman–Crippen MR) is 181 cm³/mol. The van der Waals surface area contributed by atoms with Gasteiger partial charge in [-0.05, 0) is 106 Å². The average molecular weight is 662 g/mol. The normalized spacial score (nSPS) is 20.1. The molecule has 2 aliphatic rings. The summed E-state index contributed by atoms with van der Waals surface area (Å²) in [5.74, 6) is -1.61. The van der Waals surface area contributed by atoms with Gasteiger partial charge in [0, 0.05) is 37.3 Å². The van der Waals surface area contributed by atoms with Gasteiger partial charge in [-0.1, -0.05) is 36.4 Å². The maximum atomic E-state index is 13.7. The first-order valence-corrected chi connectivity index (χ1v) is 17.0. The fourth-order valence-electron chi connectivity index (χ4n) is 6.36. The number of β-lactam (4-membered cyclic amide) rings is 1. The Kier molecular flexibility index (Phi) is 11.8. The fourth-order valence-corrected chi connectivity index (χ4v) is 6.36. The Hall–Kier alpha value is -3.47. The van der Waals surface area contributed by atoms with E-state index in [9.17, 15) is 19.1 Å². The number of rotatable bonds is 16. The molecular weight excluding hydrogens is 613 g/mol. The minimum atomic E-state index is -1.05. The van der Waals surface area contributed by atoms with Crippen molar-refractivity contribution in [1.29, 1.82) is 0 Å². The van der Waals surface area contributed by atoms with Gasteiger partial charge in [-0.2, -0.15) is 0 Å². The lowest BCUT2D eigenvalue weighted by Crippen LogP contribution is -2.55. The Morgan fingerprint density at radius 3 is 2.10 bits per heavy atom. The van der Waals surface area contributed by atoms with Gasteiger partial charge in [0.15, 0.2) is 17.9 Å². The molecule has 0 saturated carbocycles. The van der Waals surface area contributed by atoms with Crippen LogP contribution in [0.15, 0.2) is 72.8 Å². The first kappa shape index (κ1) is 35.8. The topological polar surface area (TPSA) is 94.5 Å². The highest BCUT2D eigenvalue weighted by Crippen LogP contribution is 2.46. The number of aryl methyl sites for hydroxylation is 2. The molecule has 3 aromatic carbocycles. The summed E-state index contributed by atoms with van der Waals surface area (Å²) in [5, 5.41) is 11.0. The maximum Gasteiger partial charge on any atom is 0.233 e. The SMILES string of the molecule is CCOC(CCc1ccc(N2C(=O)[C@H](CCC(=O)c3ccc(F)cc3)[C@H]2c2ccc(CCC3(O)COC(C)(C)OC3)cc2)cc1)OCC. The Morgan fingerprint density at radius 1 is 0.917 bits per heavy atom. The summed E-state index contributed by atoms with van der Waals surface area (Å²) in [5.41, 5.74) is 3.34. The Balaban J connectivity index is 1.29. The van der Waals surface area contributed by atoms with Crippen LogP contribution in [0.2, 0.25) is 0 Å². The van der Waals surface area contributed by atoms with E-state index in [0.29, 0.717) is 38.0 Å². The molecule has 0 radical (unpaired) electrons. The maximum absolute atomic E-state index is 13.7. The van der Waals surface area contributed by atoms with Crippen molar-refractivity contribution in [3.8, 4) is 0 Å². The van der Waals surface area contributed by atoms with Gasteiger partial charge in [0.25, 0.3) is 0 Å². The summed E-state index contributed by atoms with van der Waals surface area (Å²) in [6, 6.07) is 21.4. The minimum Gasteiger partial charge on any atom is -0.385 e. The van der Waals surface area contributed by atoms with Gasteiger partial charge in [-0.15, -0.1) is 0 Å². The van der Waals surface area contributed by atoms with Gasteiger partial charge in [0.05, 0.1) is 25.2 Å². The number of hydrogen-bond acceptors (Lipinski definition) is 7. The van der Waals surface area contributed by atoms with E-state index in [2.05, 4.69) is 0 Å². The highest BCUT2D eigenvalue weighted by molar-refractivity contribution is 6.04. The van der Waals surface area contributed by atoms with Crippen LogP contribution in [0.25, 0.3) is 0 Å². The molecule has 48 heavy (non-hydrogen) atoms. The number of hydrogen-bond donors (Lipinski definition) is 1. The molecule has 2 aliphatic heterocycles. The van der Waals surface area contributed by atoms with Gasteiger partial charge in [0.1, 0.15) is 11.4 Å². The molecule has 0 aliphatic carbocycles. The molecule has 258 valence electrons. The number of benzene rings is 3. The number of ketones is 1. The van der Waals surface area contributed by atoms with Crippen molar-refractivity contribution < 1.29 is 38.0 Å². The molecule has 2 saturated heterocycles. The molecule has 0 unspecified atom stereocenters. The van der Waals surface area contributed by atoms with Gasteiger partial charge in [0.2, 0.25) is 5.91 Å². The zero-order valence-corrected chi connectivity index (χ0v) is 28.5. The second-order valence-electron chi connectivity index (χ2n) is 13.2. The summed E-state index contributed by atoms with van der Waals surface area (Å²) < 4.78 is 36.1. The first-order chi connectivity index (χ1) is 23.0. The monoisotopic (exact) mass is 661 g/mol. The van der Waals surface area contributed by atoms with Crippen molar-refractivity contribution in [1.82, 2.24) is 0 Å². The number of halogens is 1. The quantitative estimate of drug-likeness (QED) is 0.101. The molecule has 0 spiro atoms. The molecule has 2 atom stereocenters. The largest absolute Gasteiger partial charge is 0.385 e. The first-order valence-electron chi connectivity index (χ1n) is 17.0. The number of carbonyl (C=O) groups is 2. The van der Waals surface area contributed by atoms with E-state index in [1.165, 1.54) is 24.3 Å². The lowest BCUT2D eigenvalue weighted by Gasteiger charge is -2.47. The molecule has 9 heteroatoms. The number of ether oxygens (including phenoxy) is 4. The zero-order chi connectivity index (χ0) is 34.3. The van der Waals surface area contributed by atoms with Crippen LogP contribution in [0.4, 0.5) is 10.1 Å². The van der Waals surface area contributed by atoms with E-state index in [1.807, 2.05) is 81.1 Å². The van der Waals surface area contributed by atoms with Crippen LogP contribution in [0, 0.1) is 11.7 Å². The number of anilines is 1. The smallest absolute Gasteiger partial charge is 0.233 e. The third-order valence-corrected chi connectivity index (χ3v) is 9.23. The van der Waals surface area contributed by atoms with E-state index in [1.54, 1.807) is 0 Å². The van der Waals surface area contributed by atoms with Crippen LogP contribution in [-0.2, 0) is 36.6 Å². The minimum absolute atomic E-state index is 0.0288. The van der Waals surface area contributed by atoms with Crippen molar-refractivity contribution in [2.45, 2.75) is 89.9 Å². The lowest BCUT2D eigenvalue weighted by molar-refractivity contribution is -0.302. The molecule has 1 N–H and O–H groups in total. The molecule has 0 aromatic heterocycles. The lowest BCUT2D eigenvalue weighted by atomic mass is 9.78. The highest BCUT2D eigenvalue weighted by Gasteiger charge is 2.48. The molecule has 5 rings (SSSR count). The Labute approximate surface area is 283 Å². The predicted octanol–water partition coefficient (Wildman–Crippen LogP) is 6.97. The van der Waals surface area contributed by atoms with E-state index in [4.69, 9.17) is 18.9 Å². The summed E-state index contributed by atoms with van der Waals surface area (Å²) >= 11 is 0. The van der Waals surface area contributed by atoms with E-state index in [0.717, 1.165) is 35.2 Å². The summed E-state index contributed by atoms with van der Waals surface area (Å²) in [6.07, 6.45) is 2.97. The third-order valence-electron chi connectivity index (χ3n) is 9.23. The highest BCUT2D eigenvalue weighted by atomic mass is 19.1. The molecule has 1 amide bonds. The number of amides is 1. The van der Waals surface area contributed by atoms with Gasteiger partial charge in [-0.3, -0.25) is 9.59 Å². The molecule has 0 bridgehead atoms. The average Bonchev–Trinajstić information content (AvgIpc) is 3.08. The second kappa shape index (κ2) is 15.8. The van der Waals surface area contributed by atoms with Gasteiger partial charge in [-0.25, -0.2) is 4.39 Å². The summed E-state index contributed by atoms with van der Waals surface area (Å²) in [6.45, 7) is 9.18. The number of Topliss-reactive ketones (excluding diaryl/α,β-unsaturated/α-hetero) is 1. The van der Waals surface area contributed by atoms with Gasteiger partial charge < -0.3 is 29.0 Å². The molecule has 2 heterocycles. The van der Waals surface area contributed by atoms with E-state index < -0.39 is 17.2 Å². The fraction of sp³-hybridized carbons (Fsp3) is 0.487. The van der Waals surface area contributed by atoms with Gasteiger partial charge >= 0.3 is 0 Å². The summed E-state index contributed by atoms with van der Waals surface area (Å²) in [7, 11) is 0. The van der Waals surface area contributed by atoms with E-state index >= 15 is 0 Å². The number of aliphatic hydroxyl groups is 1. The number of nitrogens with zero attached hydrogens (tertiary/aromatic N) is 1. The second-order valence-corrected chi connectivity index (χ2v) is 13.2. The molecule has 8 nitrogen and oxygen atoms in total.